The molecule has 28 heavy (non-hydrogen) atoms. The van der Waals surface area contributed by atoms with Gasteiger partial charge in [0.25, 0.3) is 0 Å². The van der Waals surface area contributed by atoms with Crippen molar-refractivity contribution in [1.82, 2.24) is 9.97 Å². The van der Waals surface area contributed by atoms with Crippen LogP contribution in [0.3, 0.4) is 0 Å². The Morgan fingerprint density at radius 3 is 2.25 bits per heavy atom. The van der Waals surface area contributed by atoms with Crippen LogP contribution in [0.2, 0.25) is 0 Å². The first-order valence-corrected chi connectivity index (χ1v) is 8.48. The molecule has 0 saturated heterocycles. The molecule has 0 aliphatic heterocycles. The molecule has 0 aliphatic carbocycles. The van der Waals surface area contributed by atoms with E-state index in [2.05, 4.69) is 20.6 Å². The van der Waals surface area contributed by atoms with Gasteiger partial charge in [-0.3, -0.25) is 4.79 Å². The summed E-state index contributed by atoms with van der Waals surface area (Å²) in [5, 5.41) is 5.47. The van der Waals surface area contributed by atoms with E-state index in [-0.39, 0.29) is 12.4 Å². The van der Waals surface area contributed by atoms with Crippen molar-refractivity contribution in [2.45, 2.75) is 18.6 Å². The van der Waals surface area contributed by atoms with Crippen LogP contribution in [-0.4, -0.2) is 21.9 Å². The number of carbonyl (C=O) groups is 1. The molecule has 0 radical (unpaired) electrons. The number of nitrogens with zero attached hydrogens (tertiary/aromatic N) is 2. The van der Waals surface area contributed by atoms with Gasteiger partial charge < -0.3 is 10.6 Å². The minimum atomic E-state index is -4.60. The lowest BCUT2D eigenvalue weighted by molar-refractivity contribution is -0.141. The number of amides is 1. The van der Waals surface area contributed by atoms with Crippen molar-refractivity contribution in [3.05, 3.63) is 84.2 Å². The molecule has 1 amide bonds. The fourth-order valence-electron chi connectivity index (χ4n) is 2.55. The Labute approximate surface area is 159 Å². The van der Waals surface area contributed by atoms with Crippen molar-refractivity contribution < 1.29 is 18.0 Å². The van der Waals surface area contributed by atoms with Gasteiger partial charge in [0.2, 0.25) is 11.9 Å². The van der Waals surface area contributed by atoms with Crippen molar-refractivity contribution in [3.63, 3.8) is 0 Å². The van der Waals surface area contributed by atoms with Gasteiger partial charge in [-0.1, -0.05) is 48.5 Å². The highest BCUT2D eigenvalue weighted by Crippen LogP contribution is 2.27. The number of halogens is 3. The minimum absolute atomic E-state index is 0.249. The third-order valence-corrected chi connectivity index (χ3v) is 3.89. The Morgan fingerprint density at radius 1 is 0.964 bits per heavy atom. The number of hydrogen-bond acceptors (Lipinski definition) is 4. The topological polar surface area (TPSA) is 66.9 Å². The zero-order valence-corrected chi connectivity index (χ0v) is 14.6. The molecule has 0 fully saturated rings. The van der Waals surface area contributed by atoms with E-state index in [4.69, 9.17) is 0 Å². The van der Waals surface area contributed by atoms with E-state index in [0.29, 0.717) is 5.69 Å². The van der Waals surface area contributed by atoms with Crippen molar-refractivity contribution in [2.75, 3.05) is 10.6 Å². The van der Waals surface area contributed by atoms with Gasteiger partial charge in [0.15, 0.2) is 0 Å². The summed E-state index contributed by atoms with van der Waals surface area (Å²) in [5.41, 5.74) is 0.347. The first kappa shape index (κ1) is 19.3. The fraction of sp³-hybridized carbons (Fsp3) is 0.150. The number of rotatable bonds is 6. The second-order valence-corrected chi connectivity index (χ2v) is 6.01. The molecule has 0 spiro atoms. The second-order valence-electron chi connectivity index (χ2n) is 6.01. The molecule has 0 saturated carbocycles. The molecule has 3 rings (SSSR count). The van der Waals surface area contributed by atoms with E-state index in [1.54, 1.807) is 24.3 Å². The first-order chi connectivity index (χ1) is 13.4. The van der Waals surface area contributed by atoms with Gasteiger partial charge >= 0.3 is 6.18 Å². The van der Waals surface area contributed by atoms with E-state index < -0.39 is 23.8 Å². The van der Waals surface area contributed by atoms with Gasteiger partial charge in [0, 0.05) is 18.3 Å². The molecule has 0 unspecified atom stereocenters. The molecule has 3 aromatic rings. The van der Waals surface area contributed by atoms with Gasteiger partial charge in [0.1, 0.15) is 11.7 Å². The molecule has 1 aromatic heterocycles. The number of aromatic nitrogens is 2. The van der Waals surface area contributed by atoms with Crippen LogP contribution in [0.1, 0.15) is 11.3 Å². The standard InChI is InChI=1S/C20H17F3N4O/c21-20(22,23)17-11-12-24-19(27-17)26-16(13-14-7-3-1-4-8-14)18(28)25-15-9-5-2-6-10-15/h1-12,16H,13H2,(H,25,28)(H,24,26,27)/t16-/m1/s1. The summed E-state index contributed by atoms with van der Waals surface area (Å²) in [6, 6.07) is 17.8. The average Bonchev–Trinajstić information content (AvgIpc) is 2.69. The number of nitrogens with one attached hydrogen (secondary N) is 2. The van der Waals surface area contributed by atoms with E-state index in [1.165, 1.54) is 0 Å². The van der Waals surface area contributed by atoms with E-state index in [9.17, 15) is 18.0 Å². The van der Waals surface area contributed by atoms with Gasteiger partial charge in [-0.2, -0.15) is 13.2 Å². The number of carbonyl (C=O) groups excluding carboxylic acids is 1. The zero-order chi connectivity index (χ0) is 20.0. The summed E-state index contributed by atoms with van der Waals surface area (Å²) in [5.74, 6) is -0.671. The number of para-hydroxylation sites is 1. The van der Waals surface area contributed by atoms with Crippen LogP contribution < -0.4 is 10.6 Å². The summed E-state index contributed by atoms with van der Waals surface area (Å²) in [4.78, 5) is 20.1. The third kappa shape index (κ3) is 5.29. The lowest BCUT2D eigenvalue weighted by Gasteiger charge is -2.19. The second kappa shape index (κ2) is 8.51. The van der Waals surface area contributed by atoms with Crippen molar-refractivity contribution in [2.24, 2.45) is 0 Å². The maximum absolute atomic E-state index is 12.9. The monoisotopic (exact) mass is 386 g/mol. The molecule has 2 N–H and O–H groups in total. The lowest BCUT2D eigenvalue weighted by atomic mass is 10.1. The molecule has 0 aliphatic rings. The molecule has 1 atom stereocenters. The predicted molar refractivity (Wildman–Crippen MR) is 99.7 cm³/mol. The zero-order valence-electron chi connectivity index (χ0n) is 14.6. The molecule has 5 nitrogen and oxygen atoms in total. The average molecular weight is 386 g/mol. The van der Waals surface area contributed by atoms with Gasteiger partial charge in [-0.05, 0) is 23.8 Å². The summed E-state index contributed by atoms with van der Waals surface area (Å²) < 4.78 is 38.7. The Kier molecular flexibility index (Phi) is 5.88. The van der Waals surface area contributed by atoms with Gasteiger partial charge in [0.05, 0.1) is 0 Å². The SMILES string of the molecule is O=C(Nc1ccccc1)[C@@H](Cc1ccccc1)Nc1nccc(C(F)(F)F)n1. The highest BCUT2D eigenvalue weighted by Gasteiger charge is 2.33. The summed E-state index contributed by atoms with van der Waals surface area (Å²) >= 11 is 0. The molecular weight excluding hydrogens is 369 g/mol. The predicted octanol–water partition coefficient (Wildman–Crippen LogP) is 4.16. The third-order valence-electron chi connectivity index (χ3n) is 3.89. The Morgan fingerprint density at radius 2 is 1.61 bits per heavy atom. The van der Waals surface area contributed by atoms with E-state index >= 15 is 0 Å². The number of benzene rings is 2. The lowest BCUT2D eigenvalue weighted by Crippen LogP contribution is -2.37. The van der Waals surface area contributed by atoms with Crippen LogP contribution in [0, 0.1) is 0 Å². The largest absolute Gasteiger partial charge is 0.433 e. The summed E-state index contributed by atoms with van der Waals surface area (Å²) in [6.07, 6.45) is -3.34. The van der Waals surface area contributed by atoms with Crippen LogP contribution in [-0.2, 0) is 17.4 Å². The highest BCUT2D eigenvalue weighted by molar-refractivity contribution is 5.96. The van der Waals surface area contributed by atoms with Crippen LogP contribution in [0.5, 0.6) is 0 Å². The summed E-state index contributed by atoms with van der Waals surface area (Å²) in [6.45, 7) is 0. The van der Waals surface area contributed by atoms with Gasteiger partial charge in [-0.15, -0.1) is 0 Å². The van der Waals surface area contributed by atoms with Crippen molar-refractivity contribution >= 4 is 17.5 Å². The first-order valence-electron chi connectivity index (χ1n) is 8.48. The maximum Gasteiger partial charge on any atom is 0.433 e. The molecule has 8 heteroatoms. The Bertz CT molecular complexity index is 917. The van der Waals surface area contributed by atoms with Crippen LogP contribution in [0.25, 0.3) is 0 Å². The highest BCUT2D eigenvalue weighted by atomic mass is 19.4. The Balaban J connectivity index is 1.82. The molecule has 144 valence electrons. The maximum atomic E-state index is 12.9. The molecule has 0 bridgehead atoms. The molecule has 1 heterocycles. The number of alkyl halides is 3. The quantitative estimate of drug-likeness (QED) is 0.668. The van der Waals surface area contributed by atoms with Crippen LogP contribution in [0.15, 0.2) is 72.9 Å². The number of anilines is 2. The smallest absolute Gasteiger partial charge is 0.342 e. The summed E-state index contributed by atoms with van der Waals surface area (Å²) in [7, 11) is 0. The number of hydrogen-bond donors (Lipinski definition) is 2. The van der Waals surface area contributed by atoms with Crippen molar-refractivity contribution in [3.8, 4) is 0 Å². The normalized spacial score (nSPS) is 12.2. The molecule has 2 aromatic carbocycles. The van der Waals surface area contributed by atoms with Crippen LogP contribution >= 0.6 is 0 Å². The van der Waals surface area contributed by atoms with Crippen molar-refractivity contribution in [1.29, 1.82) is 0 Å². The Hall–Kier alpha value is -3.42. The minimum Gasteiger partial charge on any atom is -0.342 e. The fourth-order valence-corrected chi connectivity index (χ4v) is 2.55. The van der Waals surface area contributed by atoms with Gasteiger partial charge in [-0.25, -0.2) is 9.97 Å². The van der Waals surface area contributed by atoms with E-state index in [0.717, 1.165) is 17.8 Å². The molecular formula is C20H17F3N4O. The van der Waals surface area contributed by atoms with Crippen LogP contribution in [0.4, 0.5) is 24.8 Å². The van der Waals surface area contributed by atoms with E-state index in [1.807, 2.05) is 36.4 Å².